The van der Waals surface area contributed by atoms with Crippen LogP contribution in [0.2, 0.25) is 0 Å². The molecule has 0 aliphatic carbocycles. The van der Waals surface area contributed by atoms with Crippen molar-refractivity contribution >= 4 is 33.4 Å². The lowest BCUT2D eigenvalue weighted by Gasteiger charge is -2.20. The van der Waals surface area contributed by atoms with Crippen molar-refractivity contribution in [1.29, 1.82) is 0 Å². The standard InChI is InChI=1S/C24H25N3O2/c1-15(28)26-19-13-18-17-8-6-7-9-20(17)27(21(18)14-22(19)29-5)23-12-16(10-11-25-23)24(2,3)4/h6-14H,1-5H3,(H,26,28). The van der Waals surface area contributed by atoms with Crippen molar-refractivity contribution in [2.75, 3.05) is 12.4 Å². The Balaban J connectivity index is 2.07. The summed E-state index contributed by atoms with van der Waals surface area (Å²) in [4.78, 5) is 16.3. The summed E-state index contributed by atoms with van der Waals surface area (Å²) in [6.07, 6.45) is 1.86. The highest BCUT2D eigenvalue weighted by molar-refractivity contribution is 6.11. The summed E-state index contributed by atoms with van der Waals surface area (Å²) in [7, 11) is 1.61. The number of carbonyl (C=O) groups is 1. The number of carbonyl (C=O) groups excluding carboxylic acids is 1. The number of amides is 1. The molecule has 29 heavy (non-hydrogen) atoms. The van der Waals surface area contributed by atoms with Gasteiger partial charge in [-0.05, 0) is 35.2 Å². The highest BCUT2D eigenvalue weighted by Crippen LogP contribution is 2.38. The highest BCUT2D eigenvalue weighted by Gasteiger charge is 2.19. The van der Waals surface area contributed by atoms with E-state index in [4.69, 9.17) is 4.74 Å². The predicted molar refractivity (Wildman–Crippen MR) is 118 cm³/mol. The molecule has 2 heterocycles. The van der Waals surface area contributed by atoms with Crippen molar-refractivity contribution in [2.45, 2.75) is 33.1 Å². The molecule has 4 rings (SSSR count). The van der Waals surface area contributed by atoms with Gasteiger partial charge in [-0.2, -0.15) is 0 Å². The van der Waals surface area contributed by atoms with Crippen LogP contribution in [0.5, 0.6) is 5.75 Å². The second-order valence-corrected chi connectivity index (χ2v) is 8.26. The summed E-state index contributed by atoms with van der Waals surface area (Å²) in [5.41, 5.74) is 3.94. The lowest BCUT2D eigenvalue weighted by atomic mass is 9.88. The van der Waals surface area contributed by atoms with E-state index in [1.807, 2.05) is 30.5 Å². The number of hydrogen-bond acceptors (Lipinski definition) is 3. The molecule has 0 aliphatic heterocycles. The van der Waals surface area contributed by atoms with Crippen LogP contribution < -0.4 is 10.1 Å². The first-order chi connectivity index (χ1) is 13.8. The fourth-order valence-electron chi connectivity index (χ4n) is 3.71. The summed E-state index contributed by atoms with van der Waals surface area (Å²) < 4.78 is 7.72. The minimum Gasteiger partial charge on any atom is -0.494 e. The molecule has 5 nitrogen and oxygen atoms in total. The Kier molecular flexibility index (Phi) is 4.53. The minimum absolute atomic E-state index is 0.0206. The minimum atomic E-state index is -0.133. The molecule has 2 aromatic heterocycles. The van der Waals surface area contributed by atoms with Gasteiger partial charge in [-0.25, -0.2) is 4.98 Å². The van der Waals surface area contributed by atoms with Gasteiger partial charge >= 0.3 is 0 Å². The normalized spacial score (nSPS) is 11.8. The van der Waals surface area contributed by atoms with Gasteiger partial charge < -0.3 is 10.1 Å². The molecule has 0 bridgehead atoms. The third kappa shape index (κ3) is 3.33. The van der Waals surface area contributed by atoms with Crippen molar-refractivity contribution < 1.29 is 9.53 Å². The quantitative estimate of drug-likeness (QED) is 0.509. The van der Waals surface area contributed by atoms with E-state index in [1.165, 1.54) is 12.5 Å². The van der Waals surface area contributed by atoms with Gasteiger partial charge in [-0.1, -0.05) is 39.0 Å². The Morgan fingerprint density at radius 2 is 1.79 bits per heavy atom. The summed E-state index contributed by atoms with van der Waals surface area (Å²) in [6, 6.07) is 16.4. The molecule has 148 valence electrons. The summed E-state index contributed by atoms with van der Waals surface area (Å²) >= 11 is 0. The summed E-state index contributed by atoms with van der Waals surface area (Å²) in [5, 5.41) is 5.00. The van der Waals surface area contributed by atoms with Crippen LogP contribution in [0.15, 0.2) is 54.7 Å². The van der Waals surface area contributed by atoms with Crippen molar-refractivity contribution in [3.05, 3.63) is 60.3 Å². The van der Waals surface area contributed by atoms with Crippen LogP contribution >= 0.6 is 0 Å². The molecular weight excluding hydrogens is 362 g/mol. The number of nitrogens with one attached hydrogen (secondary N) is 1. The number of para-hydroxylation sites is 1. The van der Waals surface area contributed by atoms with E-state index in [0.717, 1.165) is 27.6 Å². The number of ether oxygens (including phenoxy) is 1. The molecule has 0 radical (unpaired) electrons. The van der Waals surface area contributed by atoms with Crippen molar-refractivity contribution in [3.8, 4) is 11.6 Å². The van der Waals surface area contributed by atoms with E-state index in [9.17, 15) is 4.79 Å². The monoisotopic (exact) mass is 387 g/mol. The van der Waals surface area contributed by atoms with Crippen molar-refractivity contribution in [3.63, 3.8) is 0 Å². The molecule has 0 spiro atoms. The second-order valence-electron chi connectivity index (χ2n) is 8.26. The van der Waals surface area contributed by atoms with Gasteiger partial charge in [0, 0.05) is 30.0 Å². The first-order valence-corrected chi connectivity index (χ1v) is 9.65. The van der Waals surface area contributed by atoms with Crippen LogP contribution in [0.4, 0.5) is 5.69 Å². The van der Waals surface area contributed by atoms with Gasteiger partial charge in [0.1, 0.15) is 11.6 Å². The Bertz CT molecular complexity index is 1230. The Hall–Kier alpha value is -3.34. The Labute approximate surface area is 170 Å². The zero-order valence-electron chi connectivity index (χ0n) is 17.4. The first kappa shape index (κ1) is 19.0. The predicted octanol–water partition coefficient (Wildman–Crippen LogP) is 5.44. The van der Waals surface area contributed by atoms with E-state index < -0.39 is 0 Å². The summed E-state index contributed by atoms with van der Waals surface area (Å²) in [6.45, 7) is 8.08. The molecule has 0 saturated carbocycles. The number of nitrogens with zero attached hydrogens (tertiary/aromatic N) is 2. The maximum absolute atomic E-state index is 11.7. The topological polar surface area (TPSA) is 56.1 Å². The third-order valence-electron chi connectivity index (χ3n) is 5.15. The number of rotatable bonds is 3. The van der Waals surface area contributed by atoms with E-state index in [2.05, 4.69) is 59.9 Å². The molecule has 0 fully saturated rings. The number of pyridine rings is 1. The number of fused-ring (bicyclic) bond motifs is 3. The lowest BCUT2D eigenvalue weighted by Crippen LogP contribution is -2.12. The average molecular weight is 387 g/mol. The number of aromatic nitrogens is 2. The SMILES string of the molecule is COc1cc2c(cc1NC(C)=O)c1ccccc1n2-c1cc(C(C)(C)C)ccn1. The smallest absolute Gasteiger partial charge is 0.221 e. The molecule has 0 unspecified atom stereocenters. The van der Waals surface area contributed by atoms with E-state index in [0.29, 0.717) is 11.4 Å². The number of hydrogen-bond donors (Lipinski definition) is 1. The molecule has 1 N–H and O–H groups in total. The van der Waals surface area contributed by atoms with Gasteiger partial charge in [-0.15, -0.1) is 0 Å². The maximum Gasteiger partial charge on any atom is 0.221 e. The number of anilines is 1. The van der Waals surface area contributed by atoms with Crippen LogP contribution in [-0.2, 0) is 10.2 Å². The summed E-state index contributed by atoms with van der Waals surface area (Å²) in [5.74, 6) is 1.34. The fourth-order valence-corrected chi connectivity index (χ4v) is 3.71. The molecule has 4 aromatic rings. The zero-order valence-corrected chi connectivity index (χ0v) is 17.4. The van der Waals surface area contributed by atoms with Crippen LogP contribution in [-0.4, -0.2) is 22.6 Å². The van der Waals surface area contributed by atoms with Crippen LogP contribution in [0.3, 0.4) is 0 Å². The second kappa shape index (κ2) is 6.92. The van der Waals surface area contributed by atoms with Gasteiger partial charge in [0.25, 0.3) is 0 Å². The molecule has 1 amide bonds. The highest BCUT2D eigenvalue weighted by atomic mass is 16.5. The van der Waals surface area contributed by atoms with Crippen LogP contribution in [0, 0.1) is 0 Å². The third-order valence-corrected chi connectivity index (χ3v) is 5.15. The van der Waals surface area contributed by atoms with Crippen molar-refractivity contribution in [2.24, 2.45) is 0 Å². The van der Waals surface area contributed by atoms with E-state index in [1.54, 1.807) is 7.11 Å². The van der Waals surface area contributed by atoms with Gasteiger partial charge in [0.15, 0.2) is 0 Å². The van der Waals surface area contributed by atoms with E-state index >= 15 is 0 Å². The zero-order chi connectivity index (χ0) is 20.8. The molecule has 0 atom stereocenters. The Morgan fingerprint density at radius 1 is 1.03 bits per heavy atom. The van der Waals surface area contributed by atoms with Gasteiger partial charge in [0.05, 0.1) is 23.8 Å². The molecule has 2 aromatic carbocycles. The van der Waals surface area contributed by atoms with E-state index in [-0.39, 0.29) is 11.3 Å². The first-order valence-electron chi connectivity index (χ1n) is 9.65. The fraction of sp³-hybridized carbons (Fsp3) is 0.250. The van der Waals surface area contributed by atoms with Crippen LogP contribution in [0.25, 0.3) is 27.6 Å². The van der Waals surface area contributed by atoms with Gasteiger partial charge in [0.2, 0.25) is 5.91 Å². The Morgan fingerprint density at radius 3 is 2.48 bits per heavy atom. The lowest BCUT2D eigenvalue weighted by molar-refractivity contribution is -0.114. The molecule has 0 saturated heterocycles. The largest absolute Gasteiger partial charge is 0.494 e. The van der Waals surface area contributed by atoms with Crippen LogP contribution in [0.1, 0.15) is 33.3 Å². The molecule has 0 aliphatic rings. The molecule has 5 heteroatoms. The maximum atomic E-state index is 11.7. The molecular formula is C24H25N3O2. The number of benzene rings is 2. The average Bonchev–Trinajstić information content (AvgIpc) is 3.00. The van der Waals surface area contributed by atoms with Crippen molar-refractivity contribution in [1.82, 2.24) is 9.55 Å². The van der Waals surface area contributed by atoms with Gasteiger partial charge in [-0.3, -0.25) is 9.36 Å². The number of methoxy groups -OCH3 is 1.